The molecule has 0 spiro atoms. The Labute approximate surface area is 219 Å². The van der Waals surface area contributed by atoms with Gasteiger partial charge in [-0.25, -0.2) is 9.37 Å². The van der Waals surface area contributed by atoms with Gasteiger partial charge in [-0.1, -0.05) is 12.1 Å². The van der Waals surface area contributed by atoms with Crippen LogP contribution in [-0.4, -0.2) is 22.2 Å². The maximum absolute atomic E-state index is 13.6. The summed E-state index contributed by atoms with van der Waals surface area (Å²) in [6.07, 6.45) is -3.36. The van der Waals surface area contributed by atoms with Crippen LogP contribution in [0.5, 0.6) is 5.75 Å². The Kier molecular flexibility index (Phi) is 6.81. The average molecular weight is 538 g/mol. The summed E-state index contributed by atoms with van der Waals surface area (Å²) in [6.45, 7) is 1.70. The van der Waals surface area contributed by atoms with Gasteiger partial charge < -0.3 is 9.64 Å². The Bertz CT molecular complexity index is 1620. The number of benzene rings is 3. The number of aryl methyl sites for hydroxylation is 1. The smallest absolute Gasteiger partial charge is 0.406 e. The predicted molar refractivity (Wildman–Crippen MR) is 138 cm³/mol. The lowest BCUT2D eigenvalue weighted by atomic mass is 10.1. The number of nitrogens with zero attached hydrogens (tertiary/aromatic N) is 3. The zero-order valence-corrected chi connectivity index (χ0v) is 20.7. The summed E-state index contributed by atoms with van der Waals surface area (Å²) in [6, 6.07) is 20.9. The van der Waals surface area contributed by atoms with Gasteiger partial charge in [0.2, 0.25) is 0 Å². The third-order valence-corrected chi connectivity index (χ3v) is 6.83. The van der Waals surface area contributed by atoms with E-state index in [1.165, 1.54) is 52.8 Å². The van der Waals surface area contributed by atoms with Crippen molar-refractivity contribution in [3.63, 3.8) is 0 Å². The van der Waals surface area contributed by atoms with Gasteiger partial charge in [0.05, 0.1) is 23.8 Å². The minimum Gasteiger partial charge on any atom is -0.406 e. The summed E-state index contributed by atoms with van der Waals surface area (Å²) in [5.74, 6) is -1.10. The molecule has 5 rings (SSSR count). The van der Waals surface area contributed by atoms with E-state index in [4.69, 9.17) is 0 Å². The molecule has 10 heteroatoms. The Morgan fingerprint density at radius 2 is 1.71 bits per heavy atom. The number of amides is 1. The molecule has 0 unspecified atom stereocenters. The van der Waals surface area contributed by atoms with E-state index in [1.807, 2.05) is 18.2 Å². The number of aromatic nitrogens is 2. The fourth-order valence-corrected chi connectivity index (χ4v) is 4.91. The highest BCUT2D eigenvalue weighted by molar-refractivity contribution is 7.15. The SMILES string of the molecule is Cc1cc(-c2ccc(CN(C(=O)c3cnc4ccccc4n3)c3ccc(F)cc3)s2)ccc1OC(F)(F)F. The van der Waals surface area contributed by atoms with Crippen molar-refractivity contribution in [2.75, 3.05) is 4.90 Å². The molecule has 0 saturated heterocycles. The number of carbonyl (C=O) groups excluding carboxylic acids is 1. The monoisotopic (exact) mass is 537 g/mol. The van der Waals surface area contributed by atoms with Gasteiger partial charge in [-0.2, -0.15) is 0 Å². The molecule has 0 radical (unpaired) electrons. The van der Waals surface area contributed by atoms with Gasteiger partial charge in [-0.05, 0) is 84.8 Å². The highest BCUT2D eigenvalue weighted by Gasteiger charge is 2.31. The van der Waals surface area contributed by atoms with Gasteiger partial charge in [0.1, 0.15) is 17.3 Å². The Balaban J connectivity index is 1.44. The molecule has 1 amide bonds. The highest BCUT2D eigenvalue weighted by atomic mass is 32.1. The second-order valence-electron chi connectivity index (χ2n) is 8.41. The maximum atomic E-state index is 13.6. The summed E-state index contributed by atoms with van der Waals surface area (Å²) in [4.78, 5) is 25.5. The first kappa shape index (κ1) is 25.3. The fourth-order valence-electron chi connectivity index (χ4n) is 3.92. The van der Waals surface area contributed by atoms with Gasteiger partial charge >= 0.3 is 6.36 Å². The second-order valence-corrected chi connectivity index (χ2v) is 9.57. The number of fused-ring (bicyclic) bond motifs is 1. The van der Waals surface area contributed by atoms with E-state index >= 15 is 0 Å². The van der Waals surface area contributed by atoms with Crippen LogP contribution in [-0.2, 0) is 6.54 Å². The van der Waals surface area contributed by atoms with E-state index in [9.17, 15) is 22.4 Å². The van der Waals surface area contributed by atoms with Crippen molar-refractivity contribution in [1.82, 2.24) is 9.97 Å². The Morgan fingerprint density at radius 3 is 2.42 bits per heavy atom. The number of alkyl halides is 3. The van der Waals surface area contributed by atoms with Crippen molar-refractivity contribution in [2.24, 2.45) is 0 Å². The van der Waals surface area contributed by atoms with Gasteiger partial charge in [0.15, 0.2) is 0 Å². The number of hydrogen-bond donors (Lipinski definition) is 0. The van der Waals surface area contributed by atoms with Gasteiger partial charge in [0.25, 0.3) is 5.91 Å². The van der Waals surface area contributed by atoms with Crippen LogP contribution in [0.25, 0.3) is 21.5 Å². The lowest BCUT2D eigenvalue weighted by molar-refractivity contribution is -0.274. The molecular formula is C28H19F4N3O2S. The van der Waals surface area contributed by atoms with Crippen LogP contribution >= 0.6 is 11.3 Å². The predicted octanol–water partition coefficient (Wildman–Crippen LogP) is 7.55. The van der Waals surface area contributed by atoms with Crippen molar-refractivity contribution >= 4 is 34.0 Å². The maximum Gasteiger partial charge on any atom is 0.573 e. The molecule has 0 N–H and O–H groups in total. The molecule has 0 bridgehead atoms. The first-order valence-electron chi connectivity index (χ1n) is 11.4. The molecule has 0 aliphatic carbocycles. The Morgan fingerprint density at radius 1 is 0.974 bits per heavy atom. The first-order valence-corrected chi connectivity index (χ1v) is 12.2. The molecular weight excluding hydrogens is 518 g/mol. The molecule has 0 aliphatic heterocycles. The Hall–Kier alpha value is -4.31. The number of para-hydroxylation sites is 2. The van der Waals surface area contributed by atoms with Crippen LogP contribution < -0.4 is 9.64 Å². The second kappa shape index (κ2) is 10.2. The molecule has 5 aromatic rings. The van der Waals surface area contributed by atoms with E-state index in [-0.39, 0.29) is 18.0 Å². The molecule has 0 aliphatic rings. The van der Waals surface area contributed by atoms with E-state index in [0.29, 0.717) is 27.8 Å². The van der Waals surface area contributed by atoms with E-state index in [0.717, 1.165) is 9.75 Å². The average Bonchev–Trinajstić information content (AvgIpc) is 3.36. The topological polar surface area (TPSA) is 55.3 Å². The number of anilines is 1. The van der Waals surface area contributed by atoms with Crippen molar-refractivity contribution < 1.29 is 27.1 Å². The molecule has 0 saturated carbocycles. The summed E-state index contributed by atoms with van der Waals surface area (Å²) in [5.41, 5.74) is 2.90. The van der Waals surface area contributed by atoms with Crippen molar-refractivity contribution in [3.05, 3.63) is 107 Å². The van der Waals surface area contributed by atoms with E-state index < -0.39 is 18.1 Å². The number of hydrogen-bond acceptors (Lipinski definition) is 5. The number of ether oxygens (including phenoxy) is 1. The van der Waals surface area contributed by atoms with E-state index in [2.05, 4.69) is 14.7 Å². The van der Waals surface area contributed by atoms with Gasteiger partial charge in [0, 0.05) is 15.4 Å². The van der Waals surface area contributed by atoms with Crippen LogP contribution in [0, 0.1) is 12.7 Å². The fraction of sp³-hybridized carbons (Fsp3) is 0.107. The molecule has 2 aromatic heterocycles. The minimum absolute atomic E-state index is 0.140. The number of carbonyl (C=O) groups is 1. The van der Waals surface area contributed by atoms with Crippen LogP contribution in [0.4, 0.5) is 23.2 Å². The van der Waals surface area contributed by atoms with Gasteiger partial charge in [-0.15, -0.1) is 24.5 Å². The third kappa shape index (κ3) is 5.65. The largest absolute Gasteiger partial charge is 0.573 e. The van der Waals surface area contributed by atoms with Gasteiger partial charge in [-0.3, -0.25) is 9.78 Å². The zero-order chi connectivity index (χ0) is 26.9. The molecule has 0 atom stereocenters. The lowest BCUT2D eigenvalue weighted by Crippen LogP contribution is -2.31. The molecule has 5 nitrogen and oxygen atoms in total. The number of rotatable bonds is 6. The number of halogens is 4. The van der Waals surface area contributed by atoms with Crippen molar-refractivity contribution in [3.8, 4) is 16.2 Å². The summed E-state index contributed by atoms with van der Waals surface area (Å²) in [5, 5.41) is 0. The standard InChI is InChI=1S/C28H19F4N3O2S/c1-17-14-18(6-12-25(17)37-28(30,31)32)26-13-11-21(38-26)16-35(20-9-7-19(29)8-10-20)27(36)24-15-33-22-4-2-3-5-23(22)34-24/h2-15H,16H2,1H3. The zero-order valence-electron chi connectivity index (χ0n) is 19.9. The third-order valence-electron chi connectivity index (χ3n) is 5.71. The van der Waals surface area contributed by atoms with Crippen LogP contribution in [0.15, 0.2) is 85.1 Å². The highest BCUT2D eigenvalue weighted by Crippen LogP contribution is 2.34. The van der Waals surface area contributed by atoms with Crippen LogP contribution in [0.2, 0.25) is 0 Å². The molecule has 2 heterocycles. The summed E-state index contributed by atoms with van der Waals surface area (Å²) in [7, 11) is 0. The molecule has 0 fully saturated rings. The minimum atomic E-state index is -4.77. The van der Waals surface area contributed by atoms with Crippen molar-refractivity contribution in [2.45, 2.75) is 19.8 Å². The summed E-state index contributed by atoms with van der Waals surface area (Å²) >= 11 is 1.39. The first-order chi connectivity index (χ1) is 18.2. The van der Waals surface area contributed by atoms with E-state index in [1.54, 1.807) is 37.3 Å². The molecule has 3 aromatic carbocycles. The van der Waals surface area contributed by atoms with Crippen molar-refractivity contribution in [1.29, 1.82) is 0 Å². The lowest BCUT2D eigenvalue weighted by Gasteiger charge is -2.22. The quantitative estimate of drug-likeness (QED) is 0.210. The molecule has 192 valence electrons. The number of thiophene rings is 1. The van der Waals surface area contributed by atoms with Crippen LogP contribution in [0.1, 0.15) is 20.9 Å². The molecule has 38 heavy (non-hydrogen) atoms. The normalized spacial score (nSPS) is 11.5. The van der Waals surface area contributed by atoms with Crippen LogP contribution in [0.3, 0.4) is 0 Å². The summed E-state index contributed by atoms with van der Waals surface area (Å²) < 4.78 is 55.5.